The van der Waals surface area contributed by atoms with Gasteiger partial charge < -0.3 is 10.1 Å². The number of nitrogens with one attached hydrogen (secondary N) is 1. The number of methoxy groups -OCH3 is 1. The first-order valence-corrected chi connectivity index (χ1v) is 7.28. The molecule has 21 heavy (non-hydrogen) atoms. The number of benzene rings is 2. The van der Waals surface area contributed by atoms with Crippen LogP contribution in [0.25, 0.3) is 0 Å². The molecule has 0 aliphatic heterocycles. The molecule has 0 fully saturated rings. The van der Waals surface area contributed by atoms with Gasteiger partial charge in [-0.05, 0) is 55.2 Å². The standard InChI is InChI=1S/C18H22FNO/c1-14(20-13-16-5-9-17(19)10-6-16)3-4-15-7-11-18(21-2)12-8-15/h5-12,14,20H,3-4,13H2,1-2H3/t14-/m0/s1. The molecule has 0 aliphatic rings. The summed E-state index contributed by atoms with van der Waals surface area (Å²) in [5, 5.41) is 3.46. The van der Waals surface area contributed by atoms with E-state index in [1.54, 1.807) is 7.11 Å². The summed E-state index contributed by atoms with van der Waals surface area (Å²) in [6.07, 6.45) is 2.09. The zero-order valence-corrected chi connectivity index (χ0v) is 12.6. The van der Waals surface area contributed by atoms with E-state index in [-0.39, 0.29) is 5.82 Å². The summed E-state index contributed by atoms with van der Waals surface area (Å²) in [6, 6.07) is 15.2. The van der Waals surface area contributed by atoms with Crippen LogP contribution in [-0.4, -0.2) is 13.2 Å². The summed E-state index contributed by atoms with van der Waals surface area (Å²) in [5.74, 6) is 0.701. The highest BCUT2D eigenvalue weighted by atomic mass is 19.1. The molecule has 2 nitrogen and oxygen atoms in total. The molecule has 0 amide bonds. The van der Waals surface area contributed by atoms with E-state index >= 15 is 0 Å². The topological polar surface area (TPSA) is 21.3 Å². The highest BCUT2D eigenvalue weighted by molar-refractivity contribution is 5.27. The van der Waals surface area contributed by atoms with Crippen molar-refractivity contribution in [2.75, 3.05) is 7.11 Å². The van der Waals surface area contributed by atoms with E-state index in [1.165, 1.54) is 17.7 Å². The van der Waals surface area contributed by atoms with Crippen LogP contribution in [0.15, 0.2) is 48.5 Å². The molecule has 0 saturated heterocycles. The predicted octanol–water partition coefficient (Wildman–Crippen LogP) is 3.95. The van der Waals surface area contributed by atoms with E-state index in [0.29, 0.717) is 6.04 Å². The van der Waals surface area contributed by atoms with Gasteiger partial charge in [0, 0.05) is 12.6 Å². The summed E-state index contributed by atoms with van der Waals surface area (Å²) in [7, 11) is 1.68. The van der Waals surface area contributed by atoms with Gasteiger partial charge in [-0.15, -0.1) is 0 Å². The van der Waals surface area contributed by atoms with Gasteiger partial charge in [0.05, 0.1) is 7.11 Å². The second-order valence-electron chi connectivity index (χ2n) is 5.30. The average molecular weight is 287 g/mol. The maximum Gasteiger partial charge on any atom is 0.123 e. The lowest BCUT2D eigenvalue weighted by molar-refractivity contribution is 0.414. The van der Waals surface area contributed by atoms with Crippen LogP contribution in [0.1, 0.15) is 24.5 Å². The molecular weight excluding hydrogens is 265 g/mol. The van der Waals surface area contributed by atoms with Gasteiger partial charge >= 0.3 is 0 Å². The Bertz CT molecular complexity index is 536. The van der Waals surface area contributed by atoms with Crippen molar-refractivity contribution in [1.29, 1.82) is 0 Å². The molecular formula is C18H22FNO. The SMILES string of the molecule is COc1ccc(CC[C@H](C)NCc2ccc(F)cc2)cc1. The molecule has 112 valence electrons. The lowest BCUT2D eigenvalue weighted by atomic mass is 10.1. The minimum absolute atomic E-state index is 0.189. The molecule has 2 rings (SSSR count). The van der Waals surface area contributed by atoms with Gasteiger partial charge in [-0.3, -0.25) is 0 Å². The van der Waals surface area contributed by atoms with Crippen LogP contribution in [-0.2, 0) is 13.0 Å². The number of rotatable bonds is 7. The third-order valence-electron chi connectivity index (χ3n) is 3.59. The second kappa shape index (κ2) is 7.79. The van der Waals surface area contributed by atoms with E-state index in [1.807, 2.05) is 24.3 Å². The Morgan fingerprint density at radius 3 is 2.24 bits per heavy atom. The maximum atomic E-state index is 12.8. The summed E-state index contributed by atoms with van der Waals surface area (Å²) in [6.45, 7) is 2.94. The van der Waals surface area contributed by atoms with Gasteiger partial charge in [0.25, 0.3) is 0 Å². The van der Waals surface area contributed by atoms with E-state index in [4.69, 9.17) is 4.74 Å². The van der Waals surface area contributed by atoms with E-state index < -0.39 is 0 Å². The summed E-state index contributed by atoms with van der Waals surface area (Å²) in [4.78, 5) is 0. The molecule has 0 radical (unpaired) electrons. The van der Waals surface area contributed by atoms with Crippen LogP contribution in [0.4, 0.5) is 4.39 Å². The third-order valence-corrected chi connectivity index (χ3v) is 3.59. The van der Waals surface area contributed by atoms with Crippen molar-refractivity contribution >= 4 is 0 Å². The Morgan fingerprint density at radius 1 is 1.00 bits per heavy atom. The Hall–Kier alpha value is -1.87. The van der Waals surface area contributed by atoms with Crippen molar-refractivity contribution in [3.05, 3.63) is 65.5 Å². The third kappa shape index (κ3) is 5.20. The lowest BCUT2D eigenvalue weighted by Gasteiger charge is -2.14. The van der Waals surface area contributed by atoms with Crippen molar-refractivity contribution in [3.8, 4) is 5.75 Å². The van der Waals surface area contributed by atoms with Crippen molar-refractivity contribution in [1.82, 2.24) is 5.32 Å². The number of aryl methyl sites for hydroxylation is 1. The van der Waals surface area contributed by atoms with Crippen molar-refractivity contribution in [2.45, 2.75) is 32.4 Å². The summed E-state index contributed by atoms with van der Waals surface area (Å²) in [5.41, 5.74) is 2.42. The quantitative estimate of drug-likeness (QED) is 0.832. The van der Waals surface area contributed by atoms with Crippen LogP contribution in [0.3, 0.4) is 0 Å². The second-order valence-corrected chi connectivity index (χ2v) is 5.30. The Kier molecular flexibility index (Phi) is 5.76. The summed E-state index contributed by atoms with van der Waals surface area (Å²) >= 11 is 0. The first-order valence-electron chi connectivity index (χ1n) is 7.28. The van der Waals surface area contributed by atoms with Gasteiger partial charge in [0.1, 0.15) is 11.6 Å². The molecule has 1 N–H and O–H groups in total. The monoisotopic (exact) mass is 287 g/mol. The number of hydrogen-bond donors (Lipinski definition) is 1. The number of ether oxygens (including phenoxy) is 1. The molecule has 1 atom stereocenters. The fourth-order valence-electron chi connectivity index (χ4n) is 2.17. The smallest absolute Gasteiger partial charge is 0.123 e. The first-order chi connectivity index (χ1) is 10.2. The molecule has 0 saturated carbocycles. The molecule has 2 aromatic rings. The predicted molar refractivity (Wildman–Crippen MR) is 84.0 cm³/mol. The Balaban J connectivity index is 1.73. The first kappa shape index (κ1) is 15.5. The van der Waals surface area contributed by atoms with Gasteiger partial charge in [-0.2, -0.15) is 0 Å². The van der Waals surface area contributed by atoms with Crippen molar-refractivity contribution in [2.24, 2.45) is 0 Å². The van der Waals surface area contributed by atoms with Crippen molar-refractivity contribution < 1.29 is 9.13 Å². The Morgan fingerprint density at radius 2 is 1.62 bits per heavy atom. The molecule has 0 bridgehead atoms. The van der Waals surface area contributed by atoms with Crippen LogP contribution in [0.5, 0.6) is 5.75 Å². The van der Waals surface area contributed by atoms with Gasteiger partial charge in [0.2, 0.25) is 0 Å². The molecule has 2 aromatic carbocycles. The van der Waals surface area contributed by atoms with E-state index in [2.05, 4.69) is 24.4 Å². The highest BCUT2D eigenvalue weighted by Crippen LogP contribution is 2.13. The largest absolute Gasteiger partial charge is 0.497 e. The normalized spacial score (nSPS) is 12.1. The van der Waals surface area contributed by atoms with E-state index in [9.17, 15) is 4.39 Å². The number of hydrogen-bond acceptors (Lipinski definition) is 2. The molecule has 0 spiro atoms. The zero-order valence-electron chi connectivity index (χ0n) is 12.6. The maximum absolute atomic E-state index is 12.8. The number of halogens is 1. The van der Waals surface area contributed by atoms with Crippen LogP contribution in [0.2, 0.25) is 0 Å². The zero-order chi connectivity index (χ0) is 15.1. The fourth-order valence-corrected chi connectivity index (χ4v) is 2.17. The molecule has 0 unspecified atom stereocenters. The lowest BCUT2D eigenvalue weighted by Crippen LogP contribution is -2.25. The molecule has 0 aromatic heterocycles. The van der Waals surface area contributed by atoms with Crippen LogP contribution >= 0.6 is 0 Å². The van der Waals surface area contributed by atoms with Crippen LogP contribution in [0, 0.1) is 5.82 Å². The minimum atomic E-state index is -0.189. The Labute approximate surface area is 126 Å². The fraction of sp³-hybridized carbons (Fsp3) is 0.333. The van der Waals surface area contributed by atoms with Gasteiger partial charge in [-0.25, -0.2) is 4.39 Å². The van der Waals surface area contributed by atoms with Crippen LogP contribution < -0.4 is 10.1 Å². The van der Waals surface area contributed by atoms with Gasteiger partial charge in [0.15, 0.2) is 0 Å². The molecule has 3 heteroatoms. The molecule has 0 aliphatic carbocycles. The minimum Gasteiger partial charge on any atom is -0.497 e. The van der Waals surface area contributed by atoms with Crippen molar-refractivity contribution in [3.63, 3.8) is 0 Å². The average Bonchev–Trinajstić information content (AvgIpc) is 2.53. The summed E-state index contributed by atoms with van der Waals surface area (Å²) < 4.78 is 18.0. The van der Waals surface area contributed by atoms with Gasteiger partial charge in [-0.1, -0.05) is 24.3 Å². The molecule has 0 heterocycles. The van der Waals surface area contributed by atoms with E-state index in [0.717, 1.165) is 30.7 Å². The highest BCUT2D eigenvalue weighted by Gasteiger charge is 2.03.